The van der Waals surface area contributed by atoms with Crippen molar-refractivity contribution in [2.45, 2.75) is 12.6 Å². The largest absolute Gasteiger partial charge is 0.396 e. The van der Waals surface area contributed by atoms with Gasteiger partial charge in [-0.15, -0.1) is 0 Å². The quantitative estimate of drug-likeness (QED) is 0.757. The Bertz CT molecular complexity index is 302. The van der Waals surface area contributed by atoms with Crippen molar-refractivity contribution in [3.8, 4) is 0 Å². The van der Waals surface area contributed by atoms with E-state index in [9.17, 15) is 5.11 Å². The first kappa shape index (κ1) is 10.6. The maximum absolute atomic E-state index is 9.64. The maximum atomic E-state index is 9.64. The highest BCUT2D eigenvalue weighted by atomic mass is 16.3. The maximum Gasteiger partial charge on any atom is 0.0729 e. The summed E-state index contributed by atoms with van der Waals surface area (Å²) < 4.78 is 0. The summed E-state index contributed by atoms with van der Waals surface area (Å²) in [5.41, 5.74) is 1.25. The second-order valence-electron chi connectivity index (χ2n) is 4.19. The summed E-state index contributed by atoms with van der Waals surface area (Å²) in [5.74, 6) is 0.0220. The van der Waals surface area contributed by atoms with Crippen LogP contribution in [-0.2, 0) is 6.54 Å². The molecular weight excluding hydrogens is 190 g/mol. The highest BCUT2D eigenvalue weighted by molar-refractivity contribution is 5.14. The molecule has 2 N–H and O–H groups in total. The van der Waals surface area contributed by atoms with Gasteiger partial charge in [-0.1, -0.05) is 30.3 Å². The molecule has 1 unspecified atom stereocenters. The van der Waals surface area contributed by atoms with Crippen LogP contribution in [0.15, 0.2) is 30.3 Å². The number of β-amino-alcohol motifs (C(OH)–C–C–N with tert-alkyl or cyclic N) is 1. The molecule has 15 heavy (non-hydrogen) atoms. The molecule has 1 aromatic rings. The van der Waals surface area contributed by atoms with Gasteiger partial charge in [0.15, 0.2) is 0 Å². The number of benzene rings is 1. The van der Waals surface area contributed by atoms with Gasteiger partial charge in [0, 0.05) is 32.2 Å². The lowest BCUT2D eigenvalue weighted by Gasteiger charge is -2.14. The lowest BCUT2D eigenvalue weighted by molar-refractivity contribution is 0.103. The number of likely N-dealkylation sites (tertiary alicyclic amines) is 1. The lowest BCUT2D eigenvalue weighted by Crippen LogP contribution is -2.21. The molecule has 1 saturated heterocycles. The normalized spacial score (nSPS) is 27.1. The molecular formula is C12H17NO2. The first-order valence-electron chi connectivity index (χ1n) is 5.35. The molecule has 0 aliphatic carbocycles. The van der Waals surface area contributed by atoms with Crippen molar-refractivity contribution in [3.63, 3.8) is 0 Å². The monoisotopic (exact) mass is 207 g/mol. The van der Waals surface area contributed by atoms with E-state index in [1.807, 2.05) is 18.2 Å². The summed E-state index contributed by atoms with van der Waals surface area (Å²) in [7, 11) is 0. The lowest BCUT2D eigenvalue weighted by atomic mass is 10.1. The van der Waals surface area contributed by atoms with Crippen molar-refractivity contribution < 1.29 is 10.2 Å². The molecule has 82 valence electrons. The molecule has 3 heteroatoms. The standard InChI is InChI=1S/C12H17NO2/c14-9-11-7-13(8-12(11)15)6-10-4-2-1-3-5-10/h1-5,11-12,14-15H,6-9H2/t11-,12?/m1/s1. The van der Waals surface area contributed by atoms with Crippen molar-refractivity contribution in [3.05, 3.63) is 35.9 Å². The van der Waals surface area contributed by atoms with E-state index < -0.39 is 0 Å². The van der Waals surface area contributed by atoms with Gasteiger partial charge in [0.2, 0.25) is 0 Å². The minimum atomic E-state index is -0.376. The zero-order valence-electron chi connectivity index (χ0n) is 8.71. The van der Waals surface area contributed by atoms with E-state index in [-0.39, 0.29) is 18.6 Å². The highest BCUT2D eigenvalue weighted by Gasteiger charge is 2.30. The Hall–Kier alpha value is -0.900. The minimum absolute atomic E-state index is 0.0220. The third kappa shape index (κ3) is 2.56. The van der Waals surface area contributed by atoms with E-state index in [0.717, 1.165) is 13.1 Å². The molecule has 1 aliphatic heterocycles. The van der Waals surface area contributed by atoms with Crippen LogP contribution in [0.5, 0.6) is 0 Å². The number of nitrogens with zero attached hydrogens (tertiary/aromatic N) is 1. The molecule has 0 bridgehead atoms. The van der Waals surface area contributed by atoms with Crippen LogP contribution in [0.2, 0.25) is 0 Å². The summed E-state index contributed by atoms with van der Waals surface area (Å²) in [6, 6.07) is 10.2. The van der Waals surface area contributed by atoms with Gasteiger partial charge in [-0.3, -0.25) is 4.90 Å². The summed E-state index contributed by atoms with van der Waals surface area (Å²) in [4.78, 5) is 2.18. The number of aliphatic hydroxyl groups is 2. The SMILES string of the molecule is OC[C@H]1CN(Cc2ccccc2)CC1O. The van der Waals surface area contributed by atoms with Gasteiger partial charge in [0.1, 0.15) is 0 Å². The second-order valence-corrected chi connectivity index (χ2v) is 4.19. The Morgan fingerprint density at radius 2 is 1.93 bits per heavy atom. The Labute approximate surface area is 90.0 Å². The van der Waals surface area contributed by atoms with E-state index in [1.165, 1.54) is 5.56 Å². The Morgan fingerprint density at radius 3 is 2.53 bits per heavy atom. The average molecular weight is 207 g/mol. The molecule has 0 saturated carbocycles. The molecule has 1 fully saturated rings. The van der Waals surface area contributed by atoms with Gasteiger partial charge in [-0.25, -0.2) is 0 Å². The summed E-state index contributed by atoms with van der Waals surface area (Å²) in [6.45, 7) is 2.38. The molecule has 3 nitrogen and oxygen atoms in total. The third-order valence-electron chi connectivity index (χ3n) is 2.97. The predicted molar refractivity (Wildman–Crippen MR) is 58.3 cm³/mol. The van der Waals surface area contributed by atoms with Crippen LogP contribution in [0.1, 0.15) is 5.56 Å². The van der Waals surface area contributed by atoms with Gasteiger partial charge < -0.3 is 10.2 Å². The molecule has 0 aromatic heterocycles. The fourth-order valence-corrected chi connectivity index (χ4v) is 2.09. The average Bonchev–Trinajstić information content (AvgIpc) is 2.60. The Morgan fingerprint density at radius 1 is 1.20 bits per heavy atom. The fraction of sp³-hybridized carbons (Fsp3) is 0.500. The van der Waals surface area contributed by atoms with E-state index in [4.69, 9.17) is 5.11 Å². The van der Waals surface area contributed by atoms with Gasteiger partial charge in [0.05, 0.1) is 6.10 Å². The van der Waals surface area contributed by atoms with Crippen molar-refractivity contribution in [2.24, 2.45) is 5.92 Å². The second kappa shape index (κ2) is 4.75. The van der Waals surface area contributed by atoms with Crippen molar-refractivity contribution in [1.82, 2.24) is 4.90 Å². The third-order valence-corrected chi connectivity index (χ3v) is 2.97. The number of hydrogen-bond donors (Lipinski definition) is 2. The van der Waals surface area contributed by atoms with E-state index in [1.54, 1.807) is 0 Å². The predicted octanol–water partition coefficient (Wildman–Crippen LogP) is 0.472. The zero-order valence-corrected chi connectivity index (χ0v) is 8.71. The number of aliphatic hydroxyl groups excluding tert-OH is 2. The Kier molecular flexibility index (Phi) is 3.36. The van der Waals surface area contributed by atoms with E-state index >= 15 is 0 Å². The molecule has 0 spiro atoms. The van der Waals surface area contributed by atoms with Crippen LogP contribution in [0.3, 0.4) is 0 Å². The molecule has 0 radical (unpaired) electrons. The van der Waals surface area contributed by atoms with Crippen molar-refractivity contribution in [1.29, 1.82) is 0 Å². The molecule has 1 heterocycles. The van der Waals surface area contributed by atoms with Crippen molar-refractivity contribution in [2.75, 3.05) is 19.7 Å². The van der Waals surface area contributed by atoms with E-state index in [2.05, 4.69) is 17.0 Å². The summed E-state index contributed by atoms with van der Waals surface area (Å²) in [5, 5.41) is 18.7. The van der Waals surface area contributed by atoms with Gasteiger partial charge in [0.25, 0.3) is 0 Å². The molecule has 1 aliphatic rings. The summed E-state index contributed by atoms with van der Waals surface area (Å²) in [6.07, 6.45) is -0.376. The topological polar surface area (TPSA) is 43.7 Å². The van der Waals surface area contributed by atoms with Gasteiger partial charge >= 0.3 is 0 Å². The van der Waals surface area contributed by atoms with Crippen LogP contribution in [-0.4, -0.2) is 40.9 Å². The van der Waals surface area contributed by atoms with Crippen molar-refractivity contribution >= 4 is 0 Å². The molecule has 2 atom stereocenters. The molecule has 1 aromatic carbocycles. The van der Waals surface area contributed by atoms with Gasteiger partial charge in [-0.05, 0) is 5.56 Å². The van der Waals surface area contributed by atoms with Crippen LogP contribution in [0, 0.1) is 5.92 Å². The molecule has 0 amide bonds. The fourth-order valence-electron chi connectivity index (χ4n) is 2.09. The van der Waals surface area contributed by atoms with E-state index in [0.29, 0.717) is 6.54 Å². The highest BCUT2D eigenvalue weighted by Crippen LogP contribution is 2.18. The zero-order chi connectivity index (χ0) is 10.7. The smallest absolute Gasteiger partial charge is 0.0729 e. The Balaban J connectivity index is 1.92. The number of rotatable bonds is 3. The van der Waals surface area contributed by atoms with Crippen LogP contribution in [0.25, 0.3) is 0 Å². The van der Waals surface area contributed by atoms with Crippen LogP contribution >= 0.6 is 0 Å². The number of hydrogen-bond acceptors (Lipinski definition) is 3. The molecule has 2 rings (SSSR count). The first-order valence-corrected chi connectivity index (χ1v) is 5.35. The first-order chi connectivity index (χ1) is 7.29. The van der Waals surface area contributed by atoms with Crippen LogP contribution < -0.4 is 0 Å². The summed E-state index contributed by atoms with van der Waals surface area (Å²) >= 11 is 0. The van der Waals surface area contributed by atoms with Gasteiger partial charge in [-0.2, -0.15) is 0 Å². The minimum Gasteiger partial charge on any atom is -0.396 e. The van der Waals surface area contributed by atoms with Crippen LogP contribution in [0.4, 0.5) is 0 Å².